The maximum Gasteiger partial charge on any atom is 0.407 e. The monoisotopic (exact) mass is 526 g/mol. The molecule has 5 aliphatic carbocycles. The molecular formula is C31H46N2O5. The summed E-state index contributed by atoms with van der Waals surface area (Å²) in [6, 6.07) is 3.87. The highest BCUT2D eigenvalue weighted by Crippen LogP contribution is 2.70. The van der Waals surface area contributed by atoms with Crippen molar-refractivity contribution in [2.24, 2.45) is 34.3 Å². The van der Waals surface area contributed by atoms with Crippen LogP contribution in [0.2, 0.25) is 0 Å². The van der Waals surface area contributed by atoms with E-state index in [0.717, 1.165) is 89.0 Å². The molecule has 7 nitrogen and oxygen atoms in total. The molecule has 0 bridgehead atoms. The van der Waals surface area contributed by atoms with Crippen LogP contribution in [-0.4, -0.2) is 35.0 Å². The maximum atomic E-state index is 12.7. The molecular weight excluding hydrogens is 480 g/mol. The number of hydrogen-bond donors (Lipinski definition) is 3. The van der Waals surface area contributed by atoms with Gasteiger partial charge in [-0.05, 0) is 124 Å². The summed E-state index contributed by atoms with van der Waals surface area (Å²) in [4.78, 5) is 24.2. The number of rotatable bonds is 3. The van der Waals surface area contributed by atoms with Crippen molar-refractivity contribution in [3.63, 3.8) is 0 Å². The Morgan fingerprint density at radius 3 is 2.53 bits per heavy atom. The first-order valence-corrected chi connectivity index (χ1v) is 15.2. The fourth-order valence-corrected chi connectivity index (χ4v) is 10.0. The van der Waals surface area contributed by atoms with Crippen LogP contribution in [0.25, 0.3) is 0 Å². The molecule has 4 N–H and O–H groups in total. The van der Waals surface area contributed by atoms with Crippen LogP contribution in [0.4, 0.5) is 4.79 Å². The normalized spacial score (nSPS) is 46.4. The van der Waals surface area contributed by atoms with Gasteiger partial charge in [0.2, 0.25) is 0 Å². The summed E-state index contributed by atoms with van der Waals surface area (Å²) < 4.78 is 11.2. The zero-order chi connectivity index (χ0) is 26.7. The number of amides is 1. The van der Waals surface area contributed by atoms with Gasteiger partial charge in [0.25, 0.3) is 0 Å². The van der Waals surface area contributed by atoms with Crippen LogP contribution in [0.3, 0.4) is 0 Å². The molecule has 0 aromatic carbocycles. The second-order valence-corrected chi connectivity index (χ2v) is 13.9. The summed E-state index contributed by atoms with van der Waals surface area (Å²) in [6.07, 6.45) is 14.0. The number of aliphatic hydroxyl groups is 1. The highest BCUT2D eigenvalue weighted by atomic mass is 16.6. The number of carbonyl (C=O) groups is 1. The second kappa shape index (κ2) is 9.65. The van der Waals surface area contributed by atoms with E-state index in [1.807, 2.05) is 6.07 Å². The van der Waals surface area contributed by atoms with Crippen molar-refractivity contribution < 1.29 is 19.1 Å². The molecule has 6 rings (SSSR count). The van der Waals surface area contributed by atoms with Crippen LogP contribution in [0.1, 0.15) is 109 Å². The topological polar surface area (TPSA) is 115 Å². The van der Waals surface area contributed by atoms with E-state index in [0.29, 0.717) is 17.8 Å². The quantitative estimate of drug-likeness (QED) is 0.496. The molecule has 1 aromatic rings. The number of nitrogens with one attached hydrogen (secondary N) is 1. The van der Waals surface area contributed by atoms with Crippen LogP contribution in [0, 0.1) is 28.6 Å². The predicted octanol–water partition coefficient (Wildman–Crippen LogP) is 5.25. The van der Waals surface area contributed by atoms with Gasteiger partial charge in [-0.2, -0.15) is 0 Å². The average Bonchev–Trinajstić information content (AvgIpc) is 3.17. The lowest BCUT2D eigenvalue weighted by atomic mass is 9.43. The van der Waals surface area contributed by atoms with E-state index < -0.39 is 5.60 Å². The maximum absolute atomic E-state index is 12.7. The smallest absolute Gasteiger partial charge is 0.407 e. The van der Waals surface area contributed by atoms with E-state index in [9.17, 15) is 14.7 Å². The SMILES string of the molecule is C[C@]12CC[C@H](OC(=O)NC3CCC(N)CC3)C[C@H]1CC[C@@H]1[C@@H]2CC[C@]2(C)[C@@H](c3ccc(=O)oc3)CC[C@]12O. The molecule has 0 aliphatic heterocycles. The summed E-state index contributed by atoms with van der Waals surface area (Å²) >= 11 is 0. The molecule has 1 heterocycles. The standard InChI is InChI=1S/C31H46N2O5/c1-29-14-11-23(38-28(35)33-22-7-5-21(32)6-8-22)17-20(29)4-9-26-25(29)12-15-30(2)24(13-16-31(26,30)36)19-3-10-27(34)37-18-19/h3,10,18,20-26,36H,4-9,11-17,32H2,1-2H3,(H,33,35)/t20-,21?,22?,23+,24-,25+,26-,29+,30-,31+/m1/s1. The summed E-state index contributed by atoms with van der Waals surface area (Å²) in [5.41, 5.74) is 6.01. The highest BCUT2D eigenvalue weighted by molar-refractivity contribution is 5.67. The third kappa shape index (κ3) is 4.23. The van der Waals surface area contributed by atoms with E-state index in [-0.39, 0.29) is 46.7 Å². The minimum Gasteiger partial charge on any atom is -0.446 e. The molecule has 0 radical (unpaired) electrons. The molecule has 5 saturated carbocycles. The third-order valence-corrected chi connectivity index (χ3v) is 12.3. The van der Waals surface area contributed by atoms with Crippen LogP contribution in [0.15, 0.2) is 27.6 Å². The molecule has 0 spiro atoms. The van der Waals surface area contributed by atoms with Gasteiger partial charge in [0.1, 0.15) is 6.10 Å². The van der Waals surface area contributed by atoms with Crippen molar-refractivity contribution in [1.82, 2.24) is 5.32 Å². The van der Waals surface area contributed by atoms with E-state index >= 15 is 0 Å². The van der Waals surface area contributed by atoms with Gasteiger partial charge in [-0.3, -0.25) is 0 Å². The predicted molar refractivity (Wildman–Crippen MR) is 145 cm³/mol. The summed E-state index contributed by atoms with van der Waals surface area (Å²) in [6.45, 7) is 4.74. The Morgan fingerprint density at radius 2 is 1.79 bits per heavy atom. The highest BCUT2D eigenvalue weighted by Gasteiger charge is 2.67. The Labute approximate surface area is 226 Å². The van der Waals surface area contributed by atoms with Crippen molar-refractivity contribution in [1.29, 1.82) is 0 Å². The van der Waals surface area contributed by atoms with E-state index in [1.165, 1.54) is 6.07 Å². The van der Waals surface area contributed by atoms with Gasteiger partial charge in [0, 0.05) is 23.6 Å². The summed E-state index contributed by atoms with van der Waals surface area (Å²) in [5, 5.41) is 15.5. The largest absolute Gasteiger partial charge is 0.446 e. The van der Waals surface area contributed by atoms with Gasteiger partial charge in [-0.15, -0.1) is 0 Å². The van der Waals surface area contributed by atoms with Crippen LogP contribution >= 0.6 is 0 Å². The number of alkyl carbamates (subject to hydrolysis) is 1. The summed E-state index contributed by atoms with van der Waals surface area (Å²) in [7, 11) is 0. The first-order chi connectivity index (χ1) is 18.1. The Kier molecular flexibility index (Phi) is 6.70. The lowest BCUT2D eigenvalue weighted by Crippen LogP contribution is -2.62. The van der Waals surface area contributed by atoms with E-state index in [4.69, 9.17) is 14.9 Å². The van der Waals surface area contributed by atoms with Crippen molar-refractivity contribution in [2.45, 2.75) is 127 Å². The molecule has 5 aliphatic rings. The van der Waals surface area contributed by atoms with Crippen molar-refractivity contribution in [3.05, 3.63) is 34.4 Å². The average molecular weight is 527 g/mol. The van der Waals surface area contributed by atoms with E-state index in [1.54, 1.807) is 6.26 Å². The molecule has 38 heavy (non-hydrogen) atoms. The van der Waals surface area contributed by atoms with Crippen LogP contribution in [0.5, 0.6) is 0 Å². The molecule has 1 amide bonds. The lowest BCUT2D eigenvalue weighted by molar-refractivity contribution is -0.205. The van der Waals surface area contributed by atoms with Crippen LogP contribution < -0.4 is 16.7 Å². The van der Waals surface area contributed by atoms with Gasteiger partial charge in [-0.25, -0.2) is 9.59 Å². The Morgan fingerprint density at radius 1 is 1.00 bits per heavy atom. The Hall–Kier alpha value is -1.86. The minimum absolute atomic E-state index is 0.0176. The molecule has 0 unspecified atom stereocenters. The summed E-state index contributed by atoms with van der Waals surface area (Å²) in [5.74, 6) is 1.53. The van der Waals surface area contributed by atoms with Crippen molar-refractivity contribution in [2.75, 3.05) is 0 Å². The Bertz CT molecular complexity index is 1080. The molecule has 8 atom stereocenters. The van der Waals surface area contributed by atoms with Crippen molar-refractivity contribution in [3.8, 4) is 0 Å². The fourth-order valence-electron chi connectivity index (χ4n) is 10.0. The Balaban J connectivity index is 1.12. The molecule has 0 saturated heterocycles. The minimum atomic E-state index is -0.694. The van der Waals surface area contributed by atoms with Crippen molar-refractivity contribution >= 4 is 6.09 Å². The van der Waals surface area contributed by atoms with Gasteiger partial charge < -0.3 is 25.3 Å². The number of hydrogen-bond acceptors (Lipinski definition) is 6. The molecule has 210 valence electrons. The van der Waals surface area contributed by atoms with Crippen LogP contribution in [-0.2, 0) is 4.74 Å². The van der Waals surface area contributed by atoms with Gasteiger partial charge in [0.05, 0.1) is 11.9 Å². The number of fused-ring (bicyclic) bond motifs is 5. The first-order valence-electron chi connectivity index (χ1n) is 15.2. The van der Waals surface area contributed by atoms with Gasteiger partial charge >= 0.3 is 11.7 Å². The van der Waals surface area contributed by atoms with Gasteiger partial charge in [-0.1, -0.05) is 13.8 Å². The van der Waals surface area contributed by atoms with E-state index in [2.05, 4.69) is 19.2 Å². The fraction of sp³-hybridized carbons (Fsp3) is 0.806. The third-order valence-electron chi connectivity index (χ3n) is 12.3. The molecule has 7 heteroatoms. The lowest BCUT2D eigenvalue weighted by Gasteiger charge is -2.63. The zero-order valence-electron chi connectivity index (χ0n) is 23.1. The first kappa shape index (κ1) is 26.4. The number of ether oxygens (including phenoxy) is 1. The molecule has 5 fully saturated rings. The van der Waals surface area contributed by atoms with Gasteiger partial charge in [0.15, 0.2) is 0 Å². The molecule has 1 aromatic heterocycles. The second-order valence-electron chi connectivity index (χ2n) is 13.9. The number of nitrogens with two attached hydrogens (primary N) is 1. The zero-order valence-corrected chi connectivity index (χ0v) is 23.1. The number of carbonyl (C=O) groups excluding carboxylic acids is 1.